The lowest BCUT2D eigenvalue weighted by molar-refractivity contribution is -0.133. The van der Waals surface area contributed by atoms with E-state index in [0.29, 0.717) is 0 Å². The van der Waals surface area contributed by atoms with E-state index in [1.165, 1.54) is 12.1 Å². The summed E-state index contributed by atoms with van der Waals surface area (Å²) >= 11 is 0. The standard InChI is InChI=1S/C20H28FN5O/c1-14-23-15(2)26(24-14)12-10-22-19-5-4-11-25(16(3)27)20(19)13-17-6-8-18(21)9-7-17/h6-9,19-20,22H,4-5,10-13H2,1-3H3/t19-,20-/m0/s1. The molecule has 0 saturated carbocycles. The lowest BCUT2D eigenvalue weighted by Crippen LogP contribution is -2.56. The van der Waals surface area contributed by atoms with Crippen LogP contribution < -0.4 is 5.32 Å². The van der Waals surface area contributed by atoms with Gasteiger partial charge in [0, 0.05) is 26.1 Å². The highest BCUT2D eigenvalue weighted by molar-refractivity contribution is 5.73. The van der Waals surface area contributed by atoms with E-state index in [0.717, 1.165) is 56.1 Å². The van der Waals surface area contributed by atoms with Crippen molar-refractivity contribution in [2.75, 3.05) is 13.1 Å². The highest BCUT2D eigenvalue weighted by Crippen LogP contribution is 2.22. The Morgan fingerprint density at radius 2 is 2.04 bits per heavy atom. The summed E-state index contributed by atoms with van der Waals surface area (Å²) in [5.41, 5.74) is 1.05. The van der Waals surface area contributed by atoms with Gasteiger partial charge in [0.15, 0.2) is 0 Å². The smallest absolute Gasteiger partial charge is 0.219 e. The Balaban J connectivity index is 1.67. The molecule has 1 aromatic carbocycles. The second kappa shape index (κ2) is 8.61. The molecule has 27 heavy (non-hydrogen) atoms. The minimum Gasteiger partial charge on any atom is -0.338 e. The van der Waals surface area contributed by atoms with Crippen molar-refractivity contribution in [1.29, 1.82) is 0 Å². The minimum absolute atomic E-state index is 0.0697. The number of carbonyl (C=O) groups excluding carboxylic acids is 1. The number of hydrogen-bond acceptors (Lipinski definition) is 4. The molecule has 1 fully saturated rings. The van der Waals surface area contributed by atoms with Crippen molar-refractivity contribution in [1.82, 2.24) is 25.0 Å². The van der Waals surface area contributed by atoms with Crippen molar-refractivity contribution in [2.24, 2.45) is 0 Å². The SMILES string of the molecule is CC(=O)N1CCC[C@H](NCCn2nc(C)nc2C)[C@@H]1Cc1ccc(F)cc1. The lowest BCUT2D eigenvalue weighted by Gasteiger charge is -2.41. The number of amides is 1. The second-order valence-corrected chi connectivity index (χ2v) is 7.24. The van der Waals surface area contributed by atoms with Gasteiger partial charge in [0.1, 0.15) is 17.5 Å². The van der Waals surface area contributed by atoms with Crippen LogP contribution in [-0.4, -0.2) is 50.7 Å². The van der Waals surface area contributed by atoms with Crippen LogP contribution in [0.1, 0.15) is 37.0 Å². The van der Waals surface area contributed by atoms with E-state index in [-0.39, 0.29) is 23.8 Å². The number of benzene rings is 1. The van der Waals surface area contributed by atoms with Gasteiger partial charge in [-0.25, -0.2) is 14.1 Å². The van der Waals surface area contributed by atoms with Gasteiger partial charge in [0.2, 0.25) is 5.91 Å². The number of carbonyl (C=O) groups is 1. The van der Waals surface area contributed by atoms with Gasteiger partial charge >= 0.3 is 0 Å². The fourth-order valence-electron chi connectivity index (χ4n) is 3.93. The number of aryl methyl sites for hydroxylation is 2. The molecule has 2 atom stereocenters. The third-order valence-corrected chi connectivity index (χ3v) is 5.23. The fourth-order valence-corrected chi connectivity index (χ4v) is 3.93. The Bertz CT molecular complexity index is 773. The number of halogens is 1. The monoisotopic (exact) mass is 373 g/mol. The second-order valence-electron chi connectivity index (χ2n) is 7.24. The Kier molecular flexibility index (Phi) is 6.21. The van der Waals surface area contributed by atoms with E-state index >= 15 is 0 Å². The molecule has 7 heteroatoms. The van der Waals surface area contributed by atoms with Gasteiger partial charge < -0.3 is 10.2 Å². The van der Waals surface area contributed by atoms with E-state index in [4.69, 9.17) is 0 Å². The first-order valence-corrected chi connectivity index (χ1v) is 9.57. The van der Waals surface area contributed by atoms with Gasteiger partial charge in [-0.15, -0.1) is 0 Å². The summed E-state index contributed by atoms with van der Waals surface area (Å²) in [7, 11) is 0. The molecule has 146 valence electrons. The molecule has 2 heterocycles. The molecule has 2 aromatic rings. The molecule has 6 nitrogen and oxygen atoms in total. The number of likely N-dealkylation sites (tertiary alicyclic amines) is 1. The zero-order chi connectivity index (χ0) is 19.4. The third-order valence-electron chi connectivity index (χ3n) is 5.23. The van der Waals surface area contributed by atoms with Crippen molar-refractivity contribution < 1.29 is 9.18 Å². The summed E-state index contributed by atoms with van der Waals surface area (Å²) in [5.74, 6) is 1.55. The molecule has 0 spiro atoms. The zero-order valence-electron chi connectivity index (χ0n) is 16.3. The molecule has 1 aromatic heterocycles. The maximum Gasteiger partial charge on any atom is 0.219 e. The summed E-state index contributed by atoms with van der Waals surface area (Å²) in [6.45, 7) is 7.76. The van der Waals surface area contributed by atoms with Crippen molar-refractivity contribution in [2.45, 2.75) is 58.7 Å². The van der Waals surface area contributed by atoms with Crippen molar-refractivity contribution in [3.05, 3.63) is 47.3 Å². The first-order chi connectivity index (χ1) is 12.9. The number of aromatic nitrogens is 3. The lowest BCUT2D eigenvalue weighted by atomic mass is 9.90. The Morgan fingerprint density at radius 1 is 1.30 bits per heavy atom. The molecule has 0 aliphatic carbocycles. The minimum atomic E-state index is -0.237. The Morgan fingerprint density at radius 3 is 2.67 bits per heavy atom. The molecule has 0 unspecified atom stereocenters. The van der Waals surface area contributed by atoms with E-state index in [2.05, 4.69) is 15.4 Å². The molecule has 1 saturated heterocycles. The van der Waals surface area contributed by atoms with Gasteiger partial charge in [-0.2, -0.15) is 5.10 Å². The normalized spacial score (nSPS) is 20.1. The van der Waals surface area contributed by atoms with Crippen LogP contribution in [0.15, 0.2) is 24.3 Å². The summed E-state index contributed by atoms with van der Waals surface area (Å²) in [5, 5.41) is 8.01. The summed E-state index contributed by atoms with van der Waals surface area (Å²) < 4.78 is 15.1. The van der Waals surface area contributed by atoms with Gasteiger partial charge in [-0.3, -0.25) is 4.79 Å². The largest absolute Gasteiger partial charge is 0.338 e. The Hall–Kier alpha value is -2.28. The van der Waals surface area contributed by atoms with Crippen molar-refractivity contribution >= 4 is 5.91 Å². The molecule has 1 amide bonds. The van der Waals surface area contributed by atoms with Crippen LogP contribution in [0.4, 0.5) is 4.39 Å². The summed E-state index contributed by atoms with van der Waals surface area (Å²) in [6, 6.07) is 6.85. The van der Waals surface area contributed by atoms with Crippen LogP contribution in [0.3, 0.4) is 0 Å². The van der Waals surface area contributed by atoms with Gasteiger partial charge in [-0.1, -0.05) is 12.1 Å². The van der Waals surface area contributed by atoms with E-state index < -0.39 is 0 Å². The van der Waals surface area contributed by atoms with Crippen LogP contribution in [0.2, 0.25) is 0 Å². The number of nitrogens with zero attached hydrogens (tertiary/aromatic N) is 4. The average molecular weight is 373 g/mol. The van der Waals surface area contributed by atoms with Crippen LogP contribution in [0.5, 0.6) is 0 Å². The van der Waals surface area contributed by atoms with E-state index in [9.17, 15) is 9.18 Å². The molecule has 0 radical (unpaired) electrons. The van der Waals surface area contributed by atoms with Crippen molar-refractivity contribution in [3.8, 4) is 0 Å². The predicted molar refractivity (Wildman–Crippen MR) is 102 cm³/mol. The first-order valence-electron chi connectivity index (χ1n) is 9.57. The molecule has 1 N–H and O–H groups in total. The van der Waals surface area contributed by atoms with Crippen LogP contribution in [-0.2, 0) is 17.8 Å². The quantitative estimate of drug-likeness (QED) is 0.844. The zero-order valence-corrected chi connectivity index (χ0v) is 16.3. The van der Waals surface area contributed by atoms with E-state index in [1.807, 2.05) is 23.4 Å². The van der Waals surface area contributed by atoms with Crippen LogP contribution in [0, 0.1) is 19.7 Å². The number of nitrogens with one attached hydrogen (secondary N) is 1. The number of rotatable bonds is 6. The topological polar surface area (TPSA) is 63.1 Å². The van der Waals surface area contributed by atoms with Crippen LogP contribution in [0.25, 0.3) is 0 Å². The molecule has 1 aliphatic heterocycles. The van der Waals surface area contributed by atoms with E-state index in [1.54, 1.807) is 19.1 Å². The summed E-state index contributed by atoms with van der Waals surface area (Å²) in [4.78, 5) is 18.4. The van der Waals surface area contributed by atoms with Gasteiger partial charge in [0.25, 0.3) is 0 Å². The van der Waals surface area contributed by atoms with Gasteiger partial charge in [0.05, 0.1) is 12.6 Å². The molecule has 3 rings (SSSR count). The molecular weight excluding hydrogens is 345 g/mol. The highest BCUT2D eigenvalue weighted by Gasteiger charge is 2.32. The molecule has 1 aliphatic rings. The highest BCUT2D eigenvalue weighted by atomic mass is 19.1. The van der Waals surface area contributed by atoms with Crippen LogP contribution >= 0.6 is 0 Å². The maximum absolute atomic E-state index is 13.2. The van der Waals surface area contributed by atoms with Crippen molar-refractivity contribution in [3.63, 3.8) is 0 Å². The Labute approximate surface area is 159 Å². The fraction of sp³-hybridized carbons (Fsp3) is 0.550. The van der Waals surface area contributed by atoms with Gasteiger partial charge in [-0.05, 0) is 50.8 Å². The molecular formula is C20H28FN5O. The summed E-state index contributed by atoms with van der Waals surface area (Å²) in [6.07, 6.45) is 2.72. The maximum atomic E-state index is 13.2. The average Bonchev–Trinajstić information content (AvgIpc) is 2.95. The third kappa shape index (κ3) is 4.91. The number of piperidine rings is 1. The number of hydrogen-bond donors (Lipinski definition) is 1. The predicted octanol–water partition coefficient (Wildman–Crippen LogP) is 2.25. The molecule has 0 bridgehead atoms. The first kappa shape index (κ1) is 19.5.